The minimum atomic E-state index is -0.424. The number of hydrogen-bond acceptors (Lipinski definition) is 5. The zero-order chi connectivity index (χ0) is 19.6. The molecule has 3 rings (SSSR count). The van der Waals surface area contributed by atoms with Gasteiger partial charge in [-0.1, -0.05) is 18.2 Å². The summed E-state index contributed by atoms with van der Waals surface area (Å²) in [5, 5.41) is 4.53. The van der Waals surface area contributed by atoms with E-state index in [1.165, 1.54) is 0 Å². The van der Waals surface area contributed by atoms with Gasteiger partial charge in [0.1, 0.15) is 0 Å². The lowest BCUT2D eigenvalue weighted by Gasteiger charge is -2.06. The second kappa shape index (κ2) is 7.88. The summed E-state index contributed by atoms with van der Waals surface area (Å²) in [6, 6.07) is 11.6. The number of hydrogen-bond donors (Lipinski definition) is 0. The van der Waals surface area contributed by atoms with Crippen LogP contribution in [0.4, 0.5) is 0 Å². The van der Waals surface area contributed by atoms with Gasteiger partial charge in [0, 0.05) is 26.6 Å². The smallest absolute Gasteiger partial charge is 0.310 e. The van der Waals surface area contributed by atoms with Gasteiger partial charge in [-0.3, -0.25) is 9.59 Å². The third kappa shape index (κ3) is 4.17. The Balaban J connectivity index is 1.67. The van der Waals surface area contributed by atoms with Gasteiger partial charge in [0.2, 0.25) is 5.78 Å². The third-order valence-corrected chi connectivity index (χ3v) is 5.43. The molecule has 0 fully saturated rings. The molecule has 0 N–H and O–H groups in total. The van der Waals surface area contributed by atoms with Crippen LogP contribution < -0.4 is 0 Å². The van der Waals surface area contributed by atoms with Crippen LogP contribution in [0, 0.1) is 27.7 Å². The summed E-state index contributed by atoms with van der Waals surface area (Å²) in [6.45, 7) is 7.42. The number of Topliss-reactive ketones (excluding diaryl/α,β-unsaturated/α-hetero) is 1. The summed E-state index contributed by atoms with van der Waals surface area (Å²) in [5.41, 5.74) is 4.08. The first-order chi connectivity index (χ1) is 12.9. The van der Waals surface area contributed by atoms with E-state index in [0.29, 0.717) is 5.56 Å². The maximum Gasteiger partial charge on any atom is 0.310 e. The van der Waals surface area contributed by atoms with Crippen LogP contribution in [0.25, 0.3) is 5.69 Å². The average Bonchev–Trinajstić information content (AvgIpc) is 3.13. The Hall–Kier alpha value is -2.73. The molecular weight excluding hydrogens is 360 g/mol. The van der Waals surface area contributed by atoms with Gasteiger partial charge in [-0.2, -0.15) is 5.10 Å². The monoisotopic (exact) mass is 382 g/mol. The maximum absolute atomic E-state index is 12.3. The van der Waals surface area contributed by atoms with Crippen molar-refractivity contribution in [2.24, 2.45) is 0 Å². The van der Waals surface area contributed by atoms with Crippen LogP contribution in [0.2, 0.25) is 0 Å². The molecule has 0 spiro atoms. The number of benzene rings is 1. The zero-order valence-electron chi connectivity index (χ0n) is 15.9. The van der Waals surface area contributed by atoms with Gasteiger partial charge in [0.05, 0.1) is 17.8 Å². The van der Waals surface area contributed by atoms with Crippen LogP contribution in [0.3, 0.4) is 0 Å². The molecule has 0 unspecified atom stereocenters. The van der Waals surface area contributed by atoms with Crippen molar-refractivity contribution in [1.29, 1.82) is 0 Å². The molecular formula is C21H22N2O3S. The van der Waals surface area contributed by atoms with E-state index in [2.05, 4.69) is 5.10 Å². The van der Waals surface area contributed by atoms with E-state index in [9.17, 15) is 9.59 Å². The van der Waals surface area contributed by atoms with Crippen molar-refractivity contribution in [3.05, 3.63) is 68.7 Å². The van der Waals surface area contributed by atoms with Crippen LogP contribution in [-0.2, 0) is 16.0 Å². The maximum atomic E-state index is 12.3. The quantitative estimate of drug-likeness (QED) is 0.475. The zero-order valence-corrected chi connectivity index (χ0v) is 16.7. The fourth-order valence-electron chi connectivity index (χ4n) is 3.08. The number of carbonyl (C=O) groups is 2. The van der Waals surface area contributed by atoms with Gasteiger partial charge in [-0.25, -0.2) is 4.68 Å². The predicted molar refractivity (Wildman–Crippen MR) is 106 cm³/mol. The number of aryl methyl sites for hydroxylation is 3. The van der Waals surface area contributed by atoms with E-state index in [1.807, 2.05) is 68.8 Å². The first-order valence-electron chi connectivity index (χ1n) is 8.73. The lowest BCUT2D eigenvalue weighted by molar-refractivity contribution is -0.141. The lowest BCUT2D eigenvalue weighted by Crippen LogP contribution is -2.16. The first kappa shape index (κ1) is 19.0. The van der Waals surface area contributed by atoms with Crippen molar-refractivity contribution < 1.29 is 14.3 Å². The van der Waals surface area contributed by atoms with Crippen LogP contribution in [0.5, 0.6) is 0 Å². The Kier molecular flexibility index (Phi) is 5.56. The topological polar surface area (TPSA) is 61.2 Å². The van der Waals surface area contributed by atoms with Crippen LogP contribution in [-0.4, -0.2) is 28.1 Å². The molecule has 0 bridgehead atoms. The highest BCUT2D eigenvalue weighted by Gasteiger charge is 2.19. The van der Waals surface area contributed by atoms with E-state index >= 15 is 0 Å². The number of ether oxygens (including phenoxy) is 1. The molecule has 0 radical (unpaired) electrons. The van der Waals surface area contributed by atoms with E-state index in [-0.39, 0.29) is 18.8 Å². The molecule has 2 heterocycles. The standard InChI is InChI=1S/C21H22N2O3S/c1-13-10-19(16(4)27-13)20(24)12-26-21(25)11-18-14(2)22-23(15(18)3)17-8-6-5-7-9-17/h5-10H,11-12H2,1-4H3. The van der Waals surface area contributed by atoms with E-state index in [1.54, 1.807) is 11.3 Å². The van der Waals surface area contributed by atoms with E-state index in [4.69, 9.17) is 4.74 Å². The summed E-state index contributed by atoms with van der Waals surface area (Å²) in [4.78, 5) is 26.6. The Morgan fingerprint density at radius 1 is 1.11 bits per heavy atom. The molecule has 0 amide bonds. The van der Waals surface area contributed by atoms with Gasteiger partial charge < -0.3 is 4.74 Å². The SMILES string of the molecule is Cc1cc(C(=O)COC(=O)Cc2c(C)nn(-c3ccccc3)c2C)c(C)s1. The Morgan fingerprint density at radius 2 is 1.81 bits per heavy atom. The van der Waals surface area contributed by atoms with Gasteiger partial charge in [0.25, 0.3) is 0 Å². The van der Waals surface area contributed by atoms with E-state index < -0.39 is 5.97 Å². The summed E-state index contributed by atoms with van der Waals surface area (Å²) >= 11 is 1.57. The number of para-hydroxylation sites is 1. The molecule has 1 aromatic carbocycles. The van der Waals surface area contributed by atoms with Crippen molar-refractivity contribution in [2.45, 2.75) is 34.1 Å². The molecule has 0 aliphatic rings. The highest BCUT2D eigenvalue weighted by molar-refractivity contribution is 7.12. The van der Waals surface area contributed by atoms with Gasteiger partial charge in [0.15, 0.2) is 6.61 Å². The van der Waals surface area contributed by atoms with Crippen molar-refractivity contribution in [3.8, 4) is 5.69 Å². The van der Waals surface area contributed by atoms with Crippen LogP contribution in [0.1, 0.15) is 37.1 Å². The molecule has 0 aliphatic heterocycles. The summed E-state index contributed by atoms with van der Waals surface area (Å²) in [7, 11) is 0. The molecule has 0 saturated heterocycles. The second-order valence-corrected chi connectivity index (χ2v) is 7.94. The van der Waals surface area contributed by atoms with Crippen molar-refractivity contribution in [2.75, 3.05) is 6.61 Å². The number of nitrogens with zero attached hydrogens (tertiary/aromatic N) is 2. The number of thiophene rings is 1. The molecule has 0 aliphatic carbocycles. The normalized spacial score (nSPS) is 10.8. The Labute approximate surface area is 162 Å². The Bertz CT molecular complexity index is 987. The highest BCUT2D eigenvalue weighted by Crippen LogP contribution is 2.21. The summed E-state index contributed by atoms with van der Waals surface area (Å²) in [6.07, 6.45) is 0.0967. The molecule has 5 nitrogen and oxygen atoms in total. The van der Waals surface area contributed by atoms with Gasteiger partial charge in [-0.15, -0.1) is 11.3 Å². The molecule has 6 heteroatoms. The number of ketones is 1. The fourth-order valence-corrected chi connectivity index (χ4v) is 4.02. The highest BCUT2D eigenvalue weighted by atomic mass is 32.1. The minimum Gasteiger partial charge on any atom is -0.457 e. The average molecular weight is 382 g/mol. The van der Waals surface area contributed by atoms with Crippen molar-refractivity contribution >= 4 is 23.1 Å². The number of aromatic nitrogens is 2. The fraction of sp³-hybridized carbons (Fsp3) is 0.286. The van der Waals surface area contributed by atoms with E-state index in [0.717, 1.165) is 32.4 Å². The molecule has 140 valence electrons. The number of carbonyl (C=O) groups excluding carboxylic acids is 2. The van der Waals surface area contributed by atoms with Gasteiger partial charge in [-0.05, 0) is 45.9 Å². The molecule has 0 atom stereocenters. The molecule has 27 heavy (non-hydrogen) atoms. The lowest BCUT2D eigenvalue weighted by atomic mass is 10.1. The van der Waals surface area contributed by atoms with Crippen molar-refractivity contribution in [1.82, 2.24) is 9.78 Å². The van der Waals surface area contributed by atoms with Gasteiger partial charge >= 0.3 is 5.97 Å². The van der Waals surface area contributed by atoms with Crippen LogP contribution >= 0.6 is 11.3 Å². The number of esters is 1. The molecule has 3 aromatic rings. The molecule has 2 aromatic heterocycles. The summed E-state index contributed by atoms with van der Waals surface area (Å²) in [5.74, 6) is -0.592. The van der Waals surface area contributed by atoms with Crippen molar-refractivity contribution in [3.63, 3.8) is 0 Å². The molecule has 0 saturated carbocycles. The second-order valence-electron chi connectivity index (χ2n) is 6.48. The third-order valence-electron chi connectivity index (χ3n) is 4.47. The Morgan fingerprint density at radius 3 is 2.44 bits per heavy atom. The van der Waals surface area contributed by atoms with Crippen LogP contribution in [0.15, 0.2) is 36.4 Å². The largest absolute Gasteiger partial charge is 0.457 e. The first-order valence-corrected chi connectivity index (χ1v) is 9.55. The summed E-state index contributed by atoms with van der Waals surface area (Å²) < 4.78 is 7.05. The minimum absolute atomic E-state index is 0.0967. The predicted octanol–water partition coefficient (Wildman–Crippen LogP) is 4.14. The number of rotatable bonds is 6.